The number of ether oxygens (including phenoxy) is 5. The lowest BCUT2D eigenvalue weighted by Gasteiger charge is -2.27. The number of amides is 2. The Kier molecular flexibility index (Phi) is 13.3. The minimum absolute atomic E-state index is 0.189. The fourth-order valence-corrected chi connectivity index (χ4v) is 6.52. The van der Waals surface area contributed by atoms with Crippen molar-refractivity contribution >= 4 is 12.2 Å². The molecular formula is C34H52N2O7. The van der Waals surface area contributed by atoms with Crippen LogP contribution < -0.4 is 10.6 Å². The summed E-state index contributed by atoms with van der Waals surface area (Å²) in [6.45, 7) is 10.1. The lowest BCUT2D eigenvalue weighted by atomic mass is 10.1. The normalized spacial score (nSPS) is 27.9. The standard InChI is InChI=1S/C34H52N2O7/c1-25(20-39-18-16-35-32(37)41-22-30-26-12-8-4-5-9-13-27(26)30)21-43-34(2,3)24-40-19-17-36-33(38)42-23-31-28-14-10-6-7-11-15-29(28)31/h25-31H,8-24H2,1-3H3,(H,35,37)(H,36,38)/t25?,26-,27+,28-,29+,30-,31-. The first-order valence-electron chi connectivity index (χ1n) is 16.4. The molecular weight excluding hydrogens is 548 g/mol. The predicted octanol–water partition coefficient (Wildman–Crippen LogP) is 4.78. The topological polar surface area (TPSA) is 104 Å². The first-order valence-corrected chi connectivity index (χ1v) is 16.4. The Morgan fingerprint density at radius 3 is 1.63 bits per heavy atom. The Balaban J connectivity index is 0.930. The van der Waals surface area contributed by atoms with E-state index < -0.39 is 5.60 Å². The molecule has 2 saturated carbocycles. The van der Waals surface area contributed by atoms with Crippen LogP contribution in [0.15, 0.2) is 0 Å². The summed E-state index contributed by atoms with van der Waals surface area (Å²) in [6, 6.07) is 0. The van der Waals surface area contributed by atoms with E-state index in [4.69, 9.17) is 23.7 Å². The molecule has 4 aliphatic rings. The van der Waals surface area contributed by atoms with Crippen LogP contribution in [0, 0.1) is 65.1 Å². The minimum atomic E-state index is -0.464. The predicted molar refractivity (Wildman–Crippen MR) is 163 cm³/mol. The quantitative estimate of drug-likeness (QED) is 0.183. The van der Waals surface area contributed by atoms with Gasteiger partial charge >= 0.3 is 12.2 Å². The van der Waals surface area contributed by atoms with Crippen molar-refractivity contribution in [1.82, 2.24) is 10.6 Å². The molecule has 9 nitrogen and oxygen atoms in total. The van der Waals surface area contributed by atoms with Gasteiger partial charge in [-0.05, 0) is 75.0 Å². The molecule has 0 radical (unpaired) electrons. The molecule has 0 aromatic heterocycles. The van der Waals surface area contributed by atoms with Gasteiger partial charge in [0.1, 0.15) is 0 Å². The summed E-state index contributed by atoms with van der Waals surface area (Å²) in [5.74, 6) is 16.7. The van der Waals surface area contributed by atoms with E-state index >= 15 is 0 Å². The van der Waals surface area contributed by atoms with Crippen molar-refractivity contribution in [2.24, 2.45) is 41.4 Å². The van der Waals surface area contributed by atoms with Crippen LogP contribution in [0.2, 0.25) is 0 Å². The first-order chi connectivity index (χ1) is 20.8. The highest BCUT2D eigenvalue weighted by molar-refractivity contribution is 5.67. The molecule has 9 heteroatoms. The zero-order valence-electron chi connectivity index (χ0n) is 26.4. The van der Waals surface area contributed by atoms with E-state index in [1.54, 1.807) is 0 Å². The summed E-state index contributed by atoms with van der Waals surface area (Å²) >= 11 is 0. The molecule has 0 heterocycles. The molecule has 4 aliphatic carbocycles. The number of hydrogen-bond donors (Lipinski definition) is 2. The maximum absolute atomic E-state index is 12.1. The van der Waals surface area contributed by atoms with Crippen molar-refractivity contribution in [2.45, 2.75) is 77.7 Å². The Hall–Kier alpha value is -2.46. The van der Waals surface area contributed by atoms with E-state index in [-0.39, 0.29) is 18.1 Å². The van der Waals surface area contributed by atoms with Crippen LogP contribution in [-0.4, -0.2) is 77.1 Å². The zero-order valence-corrected chi connectivity index (χ0v) is 26.4. The SMILES string of the molecule is CC(COCCNC(=O)OC[C@@H]1[C@@H]2CCC#CCC[C@@H]21)COC(C)(C)COCCNC(=O)OC[C@@H]1[C@@H]2CCC#CCC[C@@H]21. The third-order valence-corrected chi connectivity index (χ3v) is 9.13. The molecule has 1 unspecified atom stereocenters. The molecule has 7 atom stereocenters. The van der Waals surface area contributed by atoms with Gasteiger partial charge in [-0.1, -0.05) is 6.92 Å². The smallest absolute Gasteiger partial charge is 0.407 e. The summed E-state index contributed by atoms with van der Waals surface area (Å²) in [7, 11) is 0. The van der Waals surface area contributed by atoms with Crippen LogP contribution in [-0.2, 0) is 23.7 Å². The number of fused-ring (bicyclic) bond motifs is 2. The van der Waals surface area contributed by atoms with Gasteiger partial charge in [-0.25, -0.2) is 9.59 Å². The summed E-state index contributed by atoms with van der Waals surface area (Å²) in [5, 5.41) is 5.55. The van der Waals surface area contributed by atoms with Crippen LogP contribution in [0.4, 0.5) is 9.59 Å². The lowest BCUT2D eigenvalue weighted by molar-refractivity contribution is -0.0900. The monoisotopic (exact) mass is 600 g/mol. The van der Waals surface area contributed by atoms with Crippen LogP contribution in [0.3, 0.4) is 0 Å². The number of nitrogens with one attached hydrogen (secondary N) is 2. The fourth-order valence-electron chi connectivity index (χ4n) is 6.52. The molecule has 0 aliphatic heterocycles. The second-order valence-corrected chi connectivity index (χ2v) is 13.2. The van der Waals surface area contributed by atoms with E-state index in [9.17, 15) is 9.59 Å². The summed E-state index contributed by atoms with van der Waals surface area (Å²) in [6.07, 6.45) is 7.59. The van der Waals surface area contributed by atoms with Gasteiger partial charge in [-0.15, -0.1) is 23.7 Å². The van der Waals surface area contributed by atoms with Gasteiger partial charge < -0.3 is 34.3 Å². The highest BCUT2D eigenvalue weighted by Crippen LogP contribution is 2.53. The largest absolute Gasteiger partial charge is 0.449 e. The van der Waals surface area contributed by atoms with E-state index in [1.807, 2.05) is 13.8 Å². The maximum atomic E-state index is 12.1. The van der Waals surface area contributed by atoms with Crippen molar-refractivity contribution in [3.63, 3.8) is 0 Å². The van der Waals surface area contributed by atoms with Gasteiger partial charge in [0.2, 0.25) is 0 Å². The molecule has 4 rings (SSSR count). The molecule has 2 amide bonds. The van der Waals surface area contributed by atoms with Crippen molar-refractivity contribution in [3.8, 4) is 23.7 Å². The van der Waals surface area contributed by atoms with E-state index in [0.717, 1.165) is 51.4 Å². The van der Waals surface area contributed by atoms with Gasteiger partial charge in [0.25, 0.3) is 0 Å². The van der Waals surface area contributed by atoms with Crippen LogP contribution in [0.5, 0.6) is 0 Å². The molecule has 2 fully saturated rings. The van der Waals surface area contributed by atoms with Crippen molar-refractivity contribution in [2.75, 3.05) is 59.3 Å². The molecule has 0 aromatic rings. The second kappa shape index (κ2) is 17.1. The summed E-state index contributed by atoms with van der Waals surface area (Å²) in [4.78, 5) is 24.1. The number of carbonyl (C=O) groups excluding carboxylic acids is 2. The van der Waals surface area contributed by atoms with Gasteiger partial charge in [0.05, 0.1) is 51.8 Å². The van der Waals surface area contributed by atoms with Crippen molar-refractivity contribution < 1.29 is 33.3 Å². The first kappa shape index (κ1) is 33.4. The molecule has 0 saturated heterocycles. The van der Waals surface area contributed by atoms with Crippen molar-refractivity contribution in [3.05, 3.63) is 0 Å². The van der Waals surface area contributed by atoms with E-state index in [1.165, 1.54) is 0 Å². The molecule has 0 bridgehead atoms. The lowest BCUT2D eigenvalue weighted by Crippen LogP contribution is -2.35. The highest BCUT2D eigenvalue weighted by atomic mass is 16.6. The number of carbonyl (C=O) groups is 2. The fraction of sp³-hybridized carbons (Fsp3) is 0.824. The number of rotatable bonds is 17. The molecule has 2 N–H and O–H groups in total. The molecule has 240 valence electrons. The Labute approximate surface area is 258 Å². The Morgan fingerprint density at radius 1 is 0.721 bits per heavy atom. The van der Waals surface area contributed by atoms with Gasteiger partial charge in [0, 0.05) is 44.7 Å². The van der Waals surface area contributed by atoms with Crippen molar-refractivity contribution in [1.29, 1.82) is 0 Å². The van der Waals surface area contributed by atoms with Gasteiger partial charge in [0.15, 0.2) is 0 Å². The number of hydrogen-bond acceptors (Lipinski definition) is 7. The minimum Gasteiger partial charge on any atom is -0.449 e. The highest BCUT2D eigenvalue weighted by Gasteiger charge is 2.50. The summed E-state index contributed by atoms with van der Waals surface area (Å²) < 4.78 is 28.4. The second-order valence-electron chi connectivity index (χ2n) is 13.2. The summed E-state index contributed by atoms with van der Waals surface area (Å²) in [5.41, 5.74) is -0.464. The third kappa shape index (κ3) is 11.9. The molecule has 0 spiro atoms. The number of alkyl carbamates (subject to hydrolysis) is 2. The van der Waals surface area contributed by atoms with Gasteiger partial charge in [-0.3, -0.25) is 0 Å². The molecule has 43 heavy (non-hydrogen) atoms. The third-order valence-electron chi connectivity index (χ3n) is 9.13. The Bertz CT molecular complexity index is 989. The maximum Gasteiger partial charge on any atom is 0.407 e. The Morgan fingerprint density at radius 2 is 1.16 bits per heavy atom. The van der Waals surface area contributed by atoms with Crippen LogP contribution in [0.1, 0.15) is 72.1 Å². The zero-order chi connectivity index (χ0) is 30.5. The van der Waals surface area contributed by atoms with E-state index in [0.29, 0.717) is 94.8 Å². The average molecular weight is 601 g/mol. The van der Waals surface area contributed by atoms with Gasteiger partial charge in [-0.2, -0.15) is 0 Å². The van der Waals surface area contributed by atoms with E-state index in [2.05, 4.69) is 41.2 Å². The molecule has 0 aromatic carbocycles. The van der Waals surface area contributed by atoms with Crippen LogP contribution in [0.25, 0.3) is 0 Å². The van der Waals surface area contributed by atoms with Crippen LogP contribution >= 0.6 is 0 Å². The average Bonchev–Trinajstić information content (AvgIpc) is 3.81.